The summed E-state index contributed by atoms with van der Waals surface area (Å²) in [5.74, 6) is -0.250. The first-order valence-electron chi connectivity index (χ1n) is 6.38. The molecule has 20 heavy (non-hydrogen) atoms. The maximum Gasteiger partial charge on any atom is 0.253 e. The smallest absolute Gasteiger partial charge is 0.253 e. The summed E-state index contributed by atoms with van der Waals surface area (Å²) in [5, 5.41) is 5.71. The number of carbonyl (C=O) groups is 2. The van der Waals surface area contributed by atoms with E-state index in [1.807, 2.05) is 13.8 Å². The Bertz CT molecular complexity index is 506. The molecule has 2 amide bonds. The SMILES string of the molecule is CC(C)CNC(=O)C(C)NC(=O)c1cc(S)ccc1Cl. The fourth-order valence-corrected chi connectivity index (χ4v) is 1.89. The lowest BCUT2D eigenvalue weighted by molar-refractivity contribution is -0.122. The molecule has 0 aliphatic rings. The second kappa shape index (κ2) is 7.55. The molecule has 1 aromatic rings. The van der Waals surface area contributed by atoms with E-state index in [1.54, 1.807) is 25.1 Å². The first-order valence-corrected chi connectivity index (χ1v) is 7.21. The molecule has 0 aliphatic carbocycles. The van der Waals surface area contributed by atoms with Gasteiger partial charge in [0.15, 0.2) is 0 Å². The molecule has 6 heteroatoms. The van der Waals surface area contributed by atoms with Crippen molar-refractivity contribution in [1.29, 1.82) is 0 Å². The molecule has 1 unspecified atom stereocenters. The Morgan fingerprint density at radius 2 is 1.95 bits per heavy atom. The molecule has 4 nitrogen and oxygen atoms in total. The number of amides is 2. The highest BCUT2D eigenvalue weighted by Gasteiger charge is 2.18. The molecule has 0 bridgehead atoms. The highest BCUT2D eigenvalue weighted by molar-refractivity contribution is 7.80. The van der Waals surface area contributed by atoms with Gasteiger partial charge in [-0.15, -0.1) is 12.6 Å². The summed E-state index contributed by atoms with van der Waals surface area (Å²) in [6, 6.07) is 4.24. The molecule has 0 saturated carbocycles. The van der Waals surface area contributed by atoms with E-state index in [1.165, 1.54) is 0 Å². The van der Waals surface area contributed by atoms with E-state index in [4.69, 9.17) is 11.6 Å². The molecule has 2 N–H and O–H groups in total. The summed E-state index contributed by atoms with van der Waals surface area (Å²) in [5.41, 5.74) is 0.308. The number of hydrogen-bond donors (Lipinski definition) is 3. The standard InChI is InChI=1S/C14H19ClN2O2S/c1-8(2)7-16-13(18)9(3)17-14(19)11-6-10(20)4-5-12(11)15/h4-6,8-9,20H,7H2,1-3H3,(H,16,18)(H,17,19). The normalized spacial score (nSPS) is 12.1. The highest BCUT2D eigenvalue weighted by Crippen LogP contribution is 2.19. The summed E-state index contributed by atoms with van der Waals surface area (Å²) in [4.78, 5) is 24.5. The Morgan fingerprint density at radius 3 is 2.55 bits per heavy atom. The van der Waals surface area contributed by atoms with Crippen molar-refractivity contribution >= 4 is 36.0 Å². The first kappa shape index (κ1) is 16.9. The number of benzene rings is 1. The lowest BCUT2D eigenvalue weighted by atomic mass is 10.2. The molecule has 0 aliphatic heterocycles. The first-order chi connectivity index (χ1) is 9.31. The molecule has 1 aromatic carbocycles. The quantitative estimate of drug-likeness (QED) is 0.731. The molecular formula is C14H19ClN2O2S. The second-order valence-electron chi connectivity index (χ2n) is 5.00. The third-order valence-electron chi connectivity index (χ3n) is 2.62. The van der Waals surface area contributed by atoms with E-state index in [9.17, 15) is 9.59 Å². The van der Waals surface area contributed by atoms with Crippen LogP contribution in [0.15, 0.2) is 23.1 Å². The molecule has 0 saturated heterocycles. The zero-order valence-electron chi connectivity index (χ0n) is 11.7. The predicted molar refractivity (Wildman–Crippen MR) is 83.5 cm³/mol. The van der Waals surface area contributed by atoms with E-state index >= 15 is 0 Å². The number of nitrogens with one attached hydrogen (secondary N) is 2. The third-order valence-corrected chi connectivity index (χ3v) is 3.23. The largest absolute Gasteiger partial charge is 0.354 e. The van der Waals surface area contributed by atoms with Gasteiger partial charge in [0.25, 0.3) is 5.91 Å². The Labute approximate surface area is 129 Å². The highest BCUT2D eigenvalue weighted by atomic mass is 35.5. The molecule has 1 rings (SSSR count). The van der Waals surface area contributed by atoms with Crippen molar-refractivity contribution in [1.82, 2.24) is 10.6 Å². The Hall–Kier alpha value is -1.20. The van der Waals surface area contributed by atoms with Gasteiger partial charge in [0.1, 0.15) is 6.04 Å². The number of halogens is 1. The fourth-order valence-electron chi connectivity index (χ4n) is 1.49. The molecule has 0 radical (unpaired) electrons. The van der Waals surface area contributed by atoms with Crippen LogP contribution in [0.5, 0.6) is 0 Å². The summed E-state index contributed by atoms with van der Waals surface area (Å²) >= 11 is 10.1. The van der Waals surface area contributed by atoms with Gasteiger partial charge in [0.2, 0.25) is 5.91 Å². The van der Waals surface area contributed by atoms with Gasteiger partial charge in [-0.25, -0.2) is 0 Å². The zero-order valence-corrected chi connectivity index (χ0v) is 13.4. The molecule has 0 fully saturated rings. The monoisotopic (exact) mass is 314 g/mol. The Morgan fingerprint density at radius 1 is 1.30 bits per heavy atom. The summed E-state index contributed by atoms with van der Waals surface area (Å²) < 4.78 is 0. The second-order valence-corrected chi connectivity index (χ2v) is 5.92. The Balaban J connectivity index is 2.65. The van der Waals surface area contributed by atoms with Crippen LogP contribution in [0.1, 0.15) is 31.1 Å². The van der Waals surface area contributed by atoms with E-state index < -0.39 is 11.9 Å². The van der Waals surface area contributed by atoms with Gasteiger partial charge < -0.3 is 10.6 Å². The molecule has 0 heterocycles. The fraction of sp³-hybridized carbons (Fsp3) is 0.429. The minimum Gasteiger partial charge on any atom is -0.354 e. The minimum atomic E-state index is -0.624. The van der Waals surface area contributed by atoms with Crippen molar-refractivity contribution in [2.24, 2.45) is 5.92 Å². The average Bonchev–Trinajstić information content (AvgIpc) is 2.38. The van der Waals surface area contributed by atoms with Crippen LogP contribution < -0.4 is 10.6 Å². The van der Waals surface area contributed by atoms with Crippen LogP contribution in [0, 0.1) is 5.92 Å². The van der Waals surface area contributed by atoms with Crippen LogP contribution in [0.4, 0.5) is 0 Å². The van der Waals surface area contributed by atoms with Gasteiger partial charge in [0, 0.05) is 11.4 Å². The van der Waals surface area contributed by atoms with Gasteiger partial charge in [-0.3, -0.25) is 9.59 Å². The van der Waals surface area contributed by atoms with Crippen LogP contribution >= 0.6 is 24.2 Å². The topological polar surface area (TPSA) is 58.2 Å². The van der Waals surface area contributed by atoms with Crippen molar-refractivity contribution < 1.29 is 9.59 Å². The predicted octanol–water partition coefficient (Wildman–Crippen LogP) is 2.52. The van der Waals surface area contributed by atoms with Gasteiger partial charge in [0.05, 0.1) is 10.6 Å². The lowest BCUT2D eigenvalue weighted by Gasteiger charge is -2.15. The maximum atomic E-state index is 12.1. The van der Waals surface area contributed by atoms with E-state index in [2.05, 4.69) is 23.3 Å². The van der Waals surface area contributed by atoms with Crippen LogP contribution in [0.3, 0.4) is 0 Å². The van der Waals surface area contributed by atoms with Crippen molar-refractivity contribution in [2.75, 3.05) is 6.54 Å². The average molecular weight is 315 g/mol. The van der Waals surface area contributed by atoms with Crippen molar-refractivity contribution in [3.8, 4) is 0 Å². The number of hydrogen-bond acceptors (Lipinski definition) is 3. The zero-order chi connectivity index (χ0) is 15.3. The molecular weight excluding hydrogens is 296 g/mol. The maximum absolute atomic E-state index is 12.1. The Kier molecular flexibility index (Phi) is 6.36. The van der Waals surface area contributed by atoms with Gasteiger partial charge >= 0.3 is 0 Å². The number of thiol groups is 1. The summed E-state index contributed by atoms with van der Waals surface area (Å²) in [6.45, 7) is 6.21. The lowest BCUT2D eigenvalue weighted by Crippen LogP contribution is -2.45. The number of rotatable bonds is 5. The third kappa shape index (κ3) is 5.06. The summed E-state index contributed by atoms with van der Waals surface area (Å²) in [7, 11) is 0. The molecule has 1 atom stereocenters. The van der Waals surface area contributed by atoms with Gasteiger partial charge in [-0.2, -0.15) is 0 Å². The molecule has 110 valence electrons. The van der Waals surface area contributed by atoms with E-state index in [-0.39, 0.29) is 5.91 Å². The van der Waals surface area contributed by atoms with Crippen LogP contribution in [-0.4, -0.2) is 24.4 Å². The van der Waals surface area contributed by atoms with Crippen molar-refractivity contribution in [3.63, 3.8) is 0 Å². The minimum absolute atomic E-state index is 0.217. The van der Waals surface area contributed by atoms with Gasteiger partial charge in [-0.05, 0) is 31.0 Å². The number of carbonyl (C=O) groups excluding carboxylic acids is 2. The van der Waals surface area contributed by atoms with Crippen LogP contribution in [0.25, 0.3) is 0 Å². The summed E-state index contributed by atoms with van der Waals surface area (Å²) in [6.07, 6.45) is 0. The van der Waals surface area contributed by atoms with Crippen LogP contribution in [-0.2, 0) is 4.79 Å². The van der Waals surface area contributed by atoms with Crippen LogP contribution in [0.2, 0.25) is 5.02 Å². The van der Waals surface area contributed by atoms with Crippen molar-refractivity contribution in [3.05, 3.63) is 28.8 Å². The van der Waals surface area contributed by atoms with Crippen molar-refractivity contribution in [2.45, 2.75) is 31.7 Å². The van der Waals surface area contributed by atoms with E-state index in [0.717, 1.165) is 0 Å². The molecule has 0 spiro atoms. The van der Waals surface area contributed by atoms with E-state index in [0.29, 0.717) is 27.9 Å². The van der Waals surface area contributed by atoms with Gasteiger partial charge in [-0.1, -0.05) is 25.4 Å². The molecule has 0 aromatic heterocycles.